The van der Waals surface area contributed by atoms with Crippen LogP contribution in [0.4, 0.5) is 5.69 Å². The van der Waals surface area contributed by atoms with E-state index in [1.54, 1.807) is 18.2 Å². The molecule has 0 fully saturated rings. The van der Waals surface area contributed by atoms with Crippen molar-refractivity contribution in [2.75, 3.05) is 12.4 Å². The number of nitrogens with one attached hydrogen (secondary N) is 1. The van der Waals surface area contributed by atoms with Gasteiger partial charge in [0.05, 0.1) is 24.6 Å². The molecule has 0 unspecified atom stereocenters. The van der Waals surface area contributed by atoms with E-state index in [9.17, 15) is 9.59 Å². The lowest BCUT2D eigenvalue weighted by Gasteiger charge is -2.10. The van der Waals surface area contributed by atoms with Crippen molar-refractivity contribution in [1.29, 1.82) is 0 Å². The van der Waals surface area contributed by atoms with E-state index < -0.39 is 0 Å². The molecule has 0 saturated heterocycles. The van der Waals surface area contributed by atoms with E-state index in [2.05, 4.69) is 10.3 Å². The minimum Gasteiger partial charge on any atom is -0.495 e. The smallest absolute Gasteiger partial charge is 0.271 e. The number of amides is 1. The summed E-state index contributed by atoms with van der Waals surface area (Å²) in [5.41, 5.74) is 4.09. The predicted molar refractivity (Wildman–Crippen MR) is 116 cm³/mol. The normalized spacial score (nSPS) is 10.8. The first-order valence-corrected chi connectivity index (χ1v) is 9.91. The molecule has 0 atom stereocenters. The van der Waals surface area contributed by atoms with E-state index in [1.807, 2.05) is 42.6 Å². The third-order valence-electron chi connectivity index (χ3n) is 4.60. The summed E-state index contributed by atoms with van der Waals surface area (Å²) in [6, 6.07) is 15.2. The molecule has 146 valence electrons. The number of rotatable bonds is 5. The van der Waals surface area contributed by atoms with Crippen LogP contribution in [-0.4, -0.2) is 22.6 Å². The molecule has 2 aromatic heterocycles. The van der Waals surface area contributed by atoms with Gasteiger partial charge < -0.3 is 10.1 Å². The second-order valence-corrected chi connectivity index (χ2v) is 7.50. The van der Waals surface area contributed by atoms with Gasteiger partial charge in [-0.25, -0.2) is 4.98 Å². The molecule has 6 nitrogen and oxygen atoms in total. The fraction of sp³-hybridized carbons (Fsp3) is 0.136. The maximum Gasteiger partial charge on any atom is 0.271 e. The van der Waals surface area contributed by atoms with Crippen LogP contribution in [0, 0.1) is 6.92 Å². The molecule has 0 bridgehead atoms. The number of methoxy groups -OCH3 is 1. The maximum atomic E-state index is 12.9. The highest BCUT2D eigenvalue weighted by molar-refractivity contribution is 7.17. The predicted octanol–water partition coefficient (Wildman–Crippen LogP) is 4.08. The Balaban J connectivity index is 1.60. The summed E-state index contributed by atoms with van der Waals surface area (Å²) in [4.78, 5) is 29.8. The fourth-order valence-corrected chi connectivity index (χ4v) is 4.06. The Morgan fingerprint density at radius 2 is 1.93 bits per heavy atom. The van der Waals surface area contributed by atoms with Crippen LogP contribution in [0.2, 0.25) is 0 Å². The number of hydrogen-bond acceptors (Lipinski definition) is 5. The van der Waals surface area contributed by atoms with Gasteiger partial charge >= 0.3 is 0 Å². The van der Waals surface area contributed by atoms with Crippen LogP contribution < -0.4 is 15.6 Å². The average molecular weight is 405 g/mol. The Bertz CT molecular complexity index is 1240. The number of benzene rings is 2. The Hall–Kier alpha value is -3.45. The summed E-state index contributed by atoms with van der Waals surface area (Å²) in [6.45, 7) is 1.90. The van der Waals surface area contributed by atoms with Crippen molar-refractivity contribution >= 4 is 33.1 Å². The highest BCUT2D eigenvalue weighted by atomic mass is 32.1. The van der Waals surface area contributed by atoms with Crippen molar-refractivity contribution in [1.82, 2.24) is 9.55 Å². The molecule has 0 aliphatic rings. The topological polar surface area (TPSA) is 73.2 Å². The summed E-state index contributed by atoms with van der Waals surface area (Å²) in [7, 11) is 1.54. The van der Waals surface area contributed by atoms with Crippen molar-refractivity contribution in [3.05, 3.63) is 76.2 Å². The zero-order valence-electron chi connectivity index (χ0n) is 16.0. The first-order chi connectivity index (χ1) is 14.1. The Kier molecular flexibility index (Phi) is 5.14. The Morgan fingerprint density at radius 1 is 1.17 bits per heavy atom. The number of fused-ring (bicyclic) bond motifs is 1. The number of carbonyl (C=O) groups is 1. The molecular formula is C22H19N3O3S. The lowest BCUT2D eigenvalue weighted by Crippen LogP contribution is -2.27. The number of nitrogens with zero attached hydrogens (tertiary/aromatic N) is 2. The first kappa shape index (κ1) is 18.9. The number of thiophene rings is 1. The zero-order valence-corrected chi connectivity index (χ0v) is 16.8. The van der Waals surface area contributed by atoms with E-state index in [4.69, 9.17) is 4.74 Å². The number of carbonyl (C=O) groups excluding carboxylic acids is 1. The van der Waals surface area contributed by atoms with Gasteiger partial charge in [0.1, 0.15) is 17.0 Å². The minimum atomic E-state index is -0.326. The molecule has 7 heteroatoms. The van der Waals surface area contributed by atoms with Gasteiger partial charge in [-0.1, -0.05) is 42.0 Å². The van der Waals surface area contributed by atoms with E-state index in [0.29, 0.717) is 21.7 Å². The average Bonchev–Trinajstić information content (AvgIpc) is 3.16. The number of hydrogen-bond donors (Lipinski definition) is 1. The Labute approximate surface area is 171 Å². The SMILES string of the molecule is COc1ccccc1NC(=O)Cn1cnc2c(-c3ccc(C)cc3)csc2c1=O. The number of anilines is 1. The number of ether oxygens (including phenoxy) is 1. The number of aryl methyl sites for hydroxylation is 1. The zero-order chi connectivity index (χ0) is 20.4. The standard InChI is InChI=1S/C22H19N3O3S/c1-14-7-9-15(10-8-14)16-12-29-21-20(16)23-13-25(22(21)27)11-19(26)24-17-5-3-4-6-18(17)28-2/h3-10,12-13H,11H2,1-2H3,(H,24,26). The van der Waals surface area contributed by atoms with Crippen molar-refractivity contribution < 1.29 is 9.53 Å². The lowest BCUT2D eigenvalue weighted by atomic mass is 10.1. The van der Waals surface area contributed by atoms with Gasteiger partial charge in [-0.05, 0) is 24.6 Å². The molecule has 1 N–H and O–H groups in total. The van der Waals surface area contributed by atoms with Crippen LogP contribution in [0.1, 0.15) is 5.56 Å². The second-order valence-electron chi connectivity index (χ2n) is 6.62. The number of para-hydroxylation sites is 2. The molecule has 0 radical (unpaired) electrons. The van der Waals surface area contributed by atoms with Crippen LogP contribution >= 0.6 is 11.3 Å². The molecule has 29 heavy (non-hydrogen) atoms. The molecule has 0 saturated carbocycles. The second kappa shape index (κ2) is 7.89. The highest BCUT2D eigenvalue weighted by Gasteiger charge is 2.14. The summed E-state index contributed by atoms with van der Waals surface area (Å²) < 4.78 is 7.09. The quantitative estimate of drug-likeness (QED) is 0.543. The fourth-order valence-electron chi connectivity index (χ4n) is 3.08. The molecule has 2 heterocycles. The van der Waals surface area contributed by atoms with Gasteiger partial charge in [0.25, 0.3) is 5.56 Å². The van der Waals surface area contributed by atoms with E-state index in [-0.39, 0.29) is 18.0 Å². The molecule has 0 aliphatic carbocycles. The van der Waals surface area contributed by atoms with Gasteiger partial charge in [-0.2, -0.15) is 0 Å². The van der Waals surface area contributed by atoms with Gasteiger partial charge in [-0.3, -0.25) is 14.2 Å². The first-order valence-electron chi connectivity index (χ1n) is 9.03. The molecule has 0 spiro atoms. The van der Waals surface area contributed by atoms with Crippen molar-refractivity contribution in [3.8, 4) is 16.9 Å². The van der Waals surface area contributed by atoms with Gasteiger partial charge in [0.2, 0.25) is 5.91 Å². The van der Waals surface area contributed by atoms with Crippen LogP contribution in [0.5, 0.6) is 5.75 Å². The summed E-state index contributed by atoms with van der Waals surface area (Å²) in [6.07, 6.45) is 1.43. The van der Waals surface area contributed by atoms with Crippen molar-refractivity contribution in [3.63, 3.8) is 0 Å². The summed E-state index contributed by atoms with van der Waals surface area (Å²) in [5.74, 6) is 0.232. The monoisotopic (exact) mass is 405 g/mol. The van der Waals surface area contributed by atoms with Crippen molar-refractivity contribution in [2.24, 2.45) is 0 Å². The Morgan fingerprint density at radius 3 is 2.69 bits per heavy atom. The van der Waals surface area contributed by atoms with Crippen LogP contribution in [-0.2, 0) is 11.3 Å². The van der Waals surface area contributed by atoms with Crippen LogP contribution in [0.15, 0.2) is 65.0 Å². The third kappa shape index (κ3) is 3.77. The molecule has 0 aliphatic heterocycles. The van der Waals surface area contributed by atoms with Crippen molar-refractivity contribution in [2.45, 2.75) is 13.5 Å². The molecule has 2 aromatic carbocycles. The summed E-state index contributed by atoms with van der Waals surface area (Å²) >= 11 is 1.34. The molecule has 4 rings (SSSR count). The van der Waals surface area contributed by atoms with E-state index in [1.165, 1.54) is 34.9 Å². The number of aromatic nitrogens is 2. The summed E-state index contributed by atoms with van der Waals surface area (Å²) in [5, 5.41) is 4.71. The van der Waals surface area contributed by atoms with Gasteiger partial charge in [0, 0.05) is 10.9 Å². The van der Waals surface area contributed by atoms with E-state index >= 15 is 0 Å². The minimum absolute atomic E-state index is 0.127. The third-order valence-corrected chi connectivity index (χ3v) is 5.56. The lowest BCUT2D eigenvalue weighted by molar-refractivity contribution is -0.116. The highest BCUT2D eigenvalue weighted by Crippen LogP contribution is 2.30. The molecular weight excluding hydrogens is 386 g/mol. The maximum absolute atomic E-state index is 12.9. The van der Waals surface area contributed by atoms with Gasteiger partial charge in [-0.15, -0.1) is 11.3 Å². The largest absolute Gasteiger partial charge is 0.495 e. The van der Waals surface area contributed by atoms with Crippen LogP contribution in [0.25, 0.3) is 21.3 Å². The van der Waals surface area contributed by atoms with Crippen LogP contribution in [0.3, 0.4) is 0 Å². The molecule has 4 aromatic rings. The van der Waals surface area contributed by atoms with Gasteiger partial charge in [0.15, 0.2) is 0 Å². The van der Waals surface area contributed by atoms with E-state index in [0.717, 1.165) is 11.1 Å². The molecule has 1 amide bonds.